The van der Waals surface area contributed by atoms with E-state index in [4.69, 9.17) is 14.3 Å². The van der Waals surface area contributed by atoms with Crippen molar-refractivity contribution in [1.29, 1.82) is 0 Å². The van der Waals surface area contributed by atoms with Crippen molar-refractivity contribution in [2.45, 2.75) is 32.2 Å². The summed E-state index contributed by atoms with van der Waals surface area (Å²) < 4.78 is 10.9. The van der Waals surface area contributed by atoms with Crippen LogP contribution in [0.4, 0.5) is 5.69 Å². The Morgan fingerprint density at radius 3 is 2.44 bits per heavy atom. The second-order valence-electron chi connectivity index (χ2n) is 8.99. The van der Waals surface area contributed by atoms with Gasteiger partial charge >= 0.3 is 5.97 Å². The average Bonchev–Trinajstić information content (AvgIpc) is 3.38. The van der Waals surface area contributed by atoms with Crippen molar-refractivity contribution < 1.29 is 18.7 Å². The van der Waals surface area contributed by atoms with Crippen molar-refractivity contribution in [3.63, 3.8) is 0 Å². The third-order valence-corrected chi connectivity index (χ3v) is 7.67. The van der Waals surface area contributed by atoms with Crippen LogP contribution in [0.2, 0.25) is 0 Å². The van der Waals surface area contributed by atoms with E-state index >= 15 is 0 Å². The maximum absolute atomic E-state index is 14.0. The van der Waals surface area contributed by atoms with Gasteiger partial charge in [0.25, 0.3) is 0 Å². The second-order valence-corrected chi connectivity index (χ2v) is 10.9. The first-order valence-electron chi connectivity index (χ1n) is 11.4. The van der Waals surface area contributed by atoms with E-state index < -0.39 is 17.4 Å². The number of carbonyl (C=O) groups excluding carboxylic acids is 2. The van der Waals surface area contributed by atoms with E-state index in [1.165, 1.54) is 7.11 Å². The molecular weight excluding hydrogens is 511 g/mol. The lowest BCUT2D eigenvalue weighted by molar-refractivity contribution is -0.141. The number of rotatable bonds is 6. The minimum atomic E-state index is -1.26. The van der Waals surface area contributed by atoms with Crippen molar-refractivity contribution in [3.05, 3.63) is 71.2 Å². The summed E-state index contributed by atoms with van der Waals surface area (Å²) in [5.74, 6) is -0.127. The summed E-state index contributed by atoms with van der Waals surface area (Å²) >= 11 is 0. The molecule has 7 nitrogen and oxygen atoms in total. The number of aryl methyl sites for hydroxylation is 2. The number of amides is 1. The Morgan fingerprint density at radius 1 is 1.08 bits per heavy atom. The molecule has 10 heteroatoms. The topological polar surface area (TPSA) is 84.1 Å². The van der Waals surface area contributed by atoms with E-state index in [0.29, 0.717) is 11.5 Å². The van der Waals surface area contributed by atoms with E-state index in [2.05, 4.69) is 39.1 Å². The number of hydrazone groups is 1. The van der Waals surface area contributed by atoms with Gasteiger partial charge in [0.1, 0.15) is 18.1 Å². The smallest absolute Gasteiger partial charge is 0.325 e. The van der Waals surface area contributed by atoms with Gasteiger partial charge in [-0.1, -0.05) is 29.8 Å². The summed E-state index contributed by atoms with van der Waals surface area (Å²) in [6.45, 7) is 5.47. The zero-order valence-corrected chi connectivity index (χ0v) is 24.1. The molecule has 2 aromatic carbocycles. The number of anilines is 1. The van der Waals surface area contributed by atoms with Gasteiger partial charge in [-0.05, 0) is 61.0 Å². The minimum Gasteiger partial charge on any atom is -0.468 e. The van der Waals surface area contributed by atoms with Crippen LogP contribution in [0.3, 0.4) is 0 Å². The van der Waals surface area contributed by atoms with Gasteiger partial charge in [0, 0.05) is 5.56 Å². The molecule has 0 bridgehead atoms. The van der Waals surface area contributed by atoms with Gasteiger partial charge in [-0.25, -0.2) is 5.01 Å². The van der Waals surface area contributed by atoms with Crippen LogP contribution in [0.1, 0.15) is 35.5 Å². The summed E-state index contributed by atoms with van der Waals surface area (Å²) in [6.07, 6.45) is 0. The lowest BCUT2D eigenvalue weighted by Crippen LogP contribution is -2.58. The molecule has 2 heterocycles. The van der Waals surface area contributed by atoms with Crippen molar-refractivity contribution in [3.8, 4) is 0 Å². The Morgan fingerprint density at radius 2 is 1.83 bits per heavy atom. The van der Waals surface area contributed by atoms with Gasteiger partial charge in [-0.15, -0.1) is 27.7 Å². The van der Waals surface area contributed by atoms with E-state index in [1.807, 2.05) is 63.2 Å². The molecule has 0 saturated carbocycles. The molecule has 0 aliphatic carbocycles. The molecule has 1 aliphatic rings. The molecule has 1 aromatic heterocycles. The first kappa shape index (κ1) is 26.5. The summed E-state index contributed by atoms with van der Waals surface area (Å²) in [5, 5.41) is 12.4. The fraction of sp³-hybridized carbons (Fsp3) is 0.269. The predicted octanol–water partition coefficient (Wildman–Crippen LogP) is 2.45. The molecule has 188 valence electrons. The SMILES string of the molecule is COC(=O)CNC(=O)C1(C)C(c2ccc(C)o2)C(c2ccc(C)cc2P)=NN1c1ccc(P)cc1P. The minimum absolute atomic E-state index is 0.254. The number of furan rings is 1. The number of nitrogens with one attached hydrogen (secondary N) is 1. The number of carbonyl (C=O) groups is 2. The molecular formula is C26H30N3O4P3. The van der Waals surface area contributed by atoms with Crippen molar-refractivity contribution in [1.82, 2.24) is 5.32 Å². The highest BCUT2D eigenvalue weighted by Gasteiger charge is 2.56. The first-order valence-corrected chi connectivity index (χ1v) is 13.1. The van der Waals surface area contributed by atoms with Gasteiger partial charge < -0.3 is 14.5 Å². The van der Waals surface area contributed by atoms with Crippen molar-refractivity contribution in [2.24, 2.45) is 5.10 Å². The summed E-state index contributed by atoms with van der Waals surface area (Å²) in [7, 11) is 9.47. The molecule has 0 saturated heterocycles. The Kier molecular flexibility index (Phi) is 7.67. The molecule has 0 spiro atoms. The quantitative estimate of drug-likeness (QED) is 0.383. The molecule has 5 unspecified atom stereocenters. The van der Waals surface area contributed by atoms with Crippen LogP contribution in [0.5, 0.6) is 0 Å². The third-order valence-electron chi connectivity index (χ3n) is 6.37. The number of methoxy groups -OCH3 is 1. The molecule has 0 fully saturated rings. The van der Waals surface area contributed by atoms with Gasteiger partial charge in [0.15, 0.2) is 5.54 Å². The molecule has 4 rings (SSSR count). The van der Waals surface area contributed by atoms with Crippen LogP contribution in [0.15, 0.2) is 58.0 Å². The maximum atomic E-state index is 14.0. The highest BCUT2D eigenvalue weighted by atomic mass is 31.0. The lowest BCUT2D eigenvalue weighted by atomic mass is 9.78. The van der Waals surface area contributed by atoms with Gasteiger partial charge in [0.05, 0.1) is 24.4 Å². The summed E-state index contributed by atoms with van der Waals surface area (Å²) in [5.41, 5.74) is 2.20. The molecule has 3 aromatic rings. The fourth-order valence-corrected chi connectivity index (χ4v) is 5.89. The second kappa shape index (κ2) is 10.4. The Bertz CT molecular complexity index is 1370. The highest BCUT2D eigenvalue weighted by molar-refractivity contribution is 7.29. The number of hydrogen-bond donors (Lipinski definition) is 1. The number of nitrogens with zero attached hydrogens (tertiary/aromatic N) is 2. The number of esters is 1. The van der Waals surface area contributed by atoms with Crippen LogP contribution in [0, 0.1) is 13.8 Å². The van der Waals surface area contributed by atoms with Crippen LogP contribution in [-0.4, -0.2) is 36.8 Å². The summed E-state index contributed by atoms with van der Waals surface area (Å²) in [6, 6.07) is 15.7. The number of hydrogen-bond acceptors (Lipinski definition) is 6. The van der Waals surface area contributed by atoms with Gasteiger partial charge in [-0.2, -0.15) is 5.10 Å². The Hall–Kier alpha value is -2.58. The molecule has 1 N–H and O–H groups in total. The van der Waals surface area contributed by atoms with E-state index in [-0.39, 0.29) is 12.5 Å². The van der Waals surface area contributed by atoms with Crippen molar-refractivity contribution >= 4 is 66.9 Å². The molecule has 1 aliphatic heterocycles. The van der Waals surface area contributed by atoms with E-state index in [1.54, 1.807) is 5.01 Å². The zero-order chi connectivity index (χ0) is 26.2. The predicted molar refractivity (Wildman–Crippen MR) is 154 cm³/mol. The van der Waals surface area contributed by atoms with Crippen molar-refractivity contribution in [2.75, 3.05) is 18.7 Å². The molecule has 36 heavy (non-hydrogen) atoms. The molecule has 1 amide bonds. The number of benzene rings is 2. The van der Waals surface area contributed by atoms with Crippen LogP contribution < -0.4 is 26.2 Å². The van der Waals surface area contributed by atoms with Gasteiger partial charge in [0.2, 0.25) is 5.91 Å². The maximum Gasteiger partial charge on any atom is 0.325 e. The van der Waals surface area contributed by atoms with E-state index in [0.717, 1.165) is 38.5 Å². The van der Waals surface area contributed by atoms with Crippen LogP contribution in [-0.2, 0) is 14.3 Å². The molecule has 0 radical (unpaired) electrons. The Labute approximate surface area is 218 Å². The summed E-state index contributed by atoms with van der Waals surface area (Å²) in [4.78, 5) is 25.9. The third kappa shape index (κ3) is 4.85. The zero-order valence-electron chi connectivity index (χ0n) is 20.7. The average molecular weight is 541 g/mol. The highest BCUT2D eigenvalue weighted by Crippen LogP contribution is 2.45. The normalized spacial score (nSPS) is 19.2. The number of ether oxygens (including phenoxy) is 1. The van der Waals surface area contributed by atoms with Gasteiger partial charge in [-0.3, -0.25) is 9.59 Å². The lowest BCUT2D eigenvalue weighted by Gasteiger charge is -2.37. The van der Waals surface area contributed by atoms with Crippen LogP contribution >= 0.6 is 27.7 Å². The largest absolute Gasteiger partial charge is 0.468 e. The first-order chi connectivity index (χ1) is 17.1. The standard InChI is InChI=1S/C26H30N3O4P3/c1-14-5-8-17(20(35)11-14)24-23(19-10-6-15(2)33-19)26(3,25(31)27-13-22(30)32-4)29(28-24)18-9-7-16(34)12-21(18)36/h5-12,23H,13,34-36H2,1-4H3,(H,27,31). The fourth-order valence-electron chi connectivity index (χ4n) is 4.50. The van der Waals surface area contributed by atoms with E-state index in [9.17, 15) is 9.59 Å². The monoisotopic (exact) mass is 541 g/mol. The Balaban J connectivity index is 1.95. The molecule has 5 atom stereocenters. The van der Waals surface area contributed by atoms with Crippen LogP contribution in [0.25, 0.3) is 0 Å².